The molecule has 10 heteroatoms. The van der Waals surface area contributed by atoms with E-state index in [0.29, 0.717) is 67.4 Å². The van der Waals surface area contributed by atoms with Gasteiger partial charge in [-0.05, 0) is 72.5 Å². The molecule has 48 heavy (non-hydrogen) atoms. The van der Waals surface area contributed by atoms with E-state index in [2.05, 4.69) is 0 Å². The summed E-state index contributed by atoms with van der Waals surface area (Å²) in [5.41, 5.74) is 3.75. The molecule has 0 saturated carbocycles. The first-order chi connectivity index (χ1) is 23.3. The van der Waals surface area contributed by atoms with Gasteiger partial charge < -0.3 is 0 Å². The highest BCUT2D eigenvalue weighted by Crippen LogP contribution is 2.30. The largest absolute Gasteiger partial charge is 0.291 e. The van der Waals surface area contributed by atoms with Gasteiger partial charge in [0.2, 0.25) is 0 Å². The third-order valence-electron chi connectivity index (χ3n) is 7.96. The molecule has 0 spiro atoms. The summed E-state index contributed by atoms with van der Waals surface area (Å²) in [5.74, 6) is 0.650. The molecule has 0 radical (unpaired) electrons. The Bertz CT molecular complexity index is 1830. The normalized spacial score (nSPS) is 16.3. The highest BCUT2D eigenvalue weighted by atomic mass is 35.5. The van der Waals surface area contributed by atoms with E-state index >= 15 is 0 Å². The highest BCUT2D eigenvalue weighted by Gasteiger charge is 2.33. The van der Waals surface area contributed by atoms with E-state index in [0.717, 1.165) is 36.8 Å². The Morgan fingerprint density at radius 1 is 0.521 bits per heavy atom. The van der Waals surface area contributed by atoms with Gasteiger partial charge in [0.1, 0.15) is 23.1 Å². The fraction of sp³-hybridized carbons (Fsp3) is 0.158. The molecular weight excluding hydrogens is 686 g/mol. The molecule has 0 atom stereocenters. The number of rotatable bonds is 11. The van der Waals surface area contributed by atoms with Crippen LogP contribution in [-0.2, 0) is 9.59 Å². The van der Waals surface area contributed by atoms with Crippen molar-refractivity contribution in [2.24, 2.45) is 9.98 Å². The molecule has 4 aromatic rings. The number of amides is 2. The maximum atomic E-state index is 13.6. The monoisotopic (exact) mass is 714 g/mol. The lowest BCUT2D eigenvalue weighted by atomic mass is 10.1. The van der Waals surface area contributed by atoms with Crippen molar-refractivity contribution >= 4 is 82.0 Å². The summed E-state index contributed by atoms with van der Waals surface area (Å²) in [6.07, 6.45) is 6.67. The van der Waals surface area contributed by atoms with E-state index in [1.807, 2.05) is 60.7 Å². The number of benzene rings is 4. The Hall–Kier alpha value is -4.20. The Morgan fingerprint density at radius 2 is 0.917 bits per heavy atom. The molecule has 0 fully saturated rings. The maximum absolute atomic E-state index is 13.6. The Balaban J connectivity index is 1.12. The highest BCUT2D eigenvalue weighted by molar-refractivity contribution is 6.38. The van der Waals surface area contributed by atoms with Crippen LogP contribution in [0.25, 0.3) is 12.2 Å². The van der Waals surface area contributed by atoms with Gasteiger partial charge in [-0.15, -0.1) is 0 Å². The molecule has 6 rings (SSSR count). The van der Waals surface area contributed by atoms with E-state index in [-0.39, 0.29) is 11.8 Å². The van der Waals surface area contributed by atoms with Gasteiger partial charge in [-0.2, -0.15) is 0 Å². The Labute approximate surface area is 299 Å². The second kappa shape index (κ2) is 15.3. The van der Waals surface area contributed by atoms with Crippen LogP contribution < -0.4 is 0 Å². The van der Waals surface area contributed by atoms with Gasteiger partial charge in [0.25, 0.3) is 11.8 Å². The van der Waals surface area contributed by atoms with Crippen LogP contribution in [-0.4, -0.2) is 46.4 Å². The zero-order valence-corrected chi connectivity index (χ0v) is 28.8. The minimum absolute atomic E-state index is 0.180. The Morgan fingerprint density at radius 3 is 1.29 bits per heavy atom. The van der Waals surface area contributed by atoms with Gasteiger partial charge in [0, 0.05) is 34.3 Å². The van der Waals surface area contributed by atoms with Gasteiger partial charge >= 0.3 is 0 Å². The number of halogens is 4. The second-order valence-electron chi connectivity index (χ2n) is 11.3. The smallest absolute Gasteiger partial charge is 0.278 e. The second-order valence-corrected chi connectivity index (χ2v) is 13.0. The van der Waals surface area contributed by atoms with Crippen molar-refractivity contribution in [1.29, 1.82) is 0 Å². The summed E-state index contributed by atoms with van der Waals surface area (Å²) in [7, 11) is 0. The first-order valence-electron chi connectivity index (χ1n) is 15.5. The molecule has 242 valence electrons. The van der Waals surface area contributed by atoms with E-state index in [4.69, 9.17) is 56.4 Å². The maximum Gasteiger partial charge on any atom is 0.278 e. The summed E-state index contributed by atoms with van der Waals surface area (Å²) in [5, 5.41) is 1.86. The van der Waals surface area contributed by atoms with E-state index in [1.165, 1.54) is 0 Å². The van der Waals surface area contributed by atoms with E-state index < -0.39 is 0 Å². The van der Waals surface area contributed by atoms with Crippen LogP contribution in [0.3, 0.4) is 0 Å². The van der Waals surface area contributed by atoms with Gasteiger partial charge in [-0.25, -0.2) is 9.98 Å². The quantitative estimate of drug-likeness (QED) is 0.115. The molecule has 2 heterocycles. The molecule has 2 amide bonds. The fourth-order valence-electron chi connectivity index (χ4n) is 5.58. The third-order valence-corrected chi connectivity index (χ3v) is 9.05. The number of amidine groups is 2. The van der Waals surface area contributed by atoms with Crippen molar-refractivity contribution in [2.45, 2.75) is 25.7 Å². The molecule has 0 unspecified atom stereocenters. The molecule has 0 saturated heterocycles. The summed E-state index contributed by atoms with van der Waals surface area (Å²) in [6.45, 7) is 0.922. The number of unbranched alkanes of at least 4 members (excludes halogenated alkanes) is 3. The van der Waals surface area contributed by atoms with Crippen LogP contribution in [0.5, 0.6) is 0 Å². The van der Waals surface area contributed by atoms with Crippen LogP contribution in [0, 0.1) is 0 Å². The molecule has 2 aliphatic heterocycles. The number of hydrogen-bond acceptors (Lipinski definition) is 4. The van der Waals surface area contributed by atoms with Crippen molar-refractivity contribution in [3.63, 3.8) is 0 Å². The molecule has 0 bridgehead atoms. The molecule has 0 N–H and O–H groups in total. The summed E-state index contributed by atoms with van der Waals surface area (Å²) >= 11 is 25.4. The minimum Gasteiger partial charge on any atom is -0.291 e. The molecule has 6 nitrogen and oxygen atoms in total. The van der Waals surface area contributed by atoms with Crippen molar-refractivity contribution in [3.8, 4) is 0 Å². The number of carbonyl (C=O) groups excluding carboxylic acids is 2. The van der Waals surface area contributed by atoms with Gasteiger partial charge in [-0.1, -0.05) is 120 Å². The van der Waals surface area contributed by atoms with Gasteiger partial charge in [0.15, 0.2) is 0 Å². The summed E-state index contributed by atoms with van der Waals surface area (Å²) in [4.78, 5) is 39.9. The number of carbonyl (C=O) groups is 2. The SMILES string of the molecule is O=C1/C(=C/c2ccccc2)N=C(c2ccc(Cl)cc2Cl)N1CCCCCCN1C(=O)/C(=C\c2ccccc2)N=C1c1ccc(Cl)cc1Cl. The van der Waals surface area contributed by atoms with Crippen molar-refractivity contribution < 1.29 is 9.59 Å². The van der Waals surface area contributed by atoms with E-state index in [1.54, 1.807) is 58.4 Å². The molecule has 2 aliphatic rings. The van der Waals surface area contributed by atoms with Crippen molar-refractivity contribution in [1.82, 2.24) is 9.80 Å². The molecule has 4 aromatic carbocycles. The average molecular weight is 716 g/mol. The van der Waals surface area contributed by atoms with Gasteiger partial charge in [0.05, 0.1) is 10.0 Å². The lowest BCUT2D eigenvalue weighted by Gasteiger charge is -2.20. The lowest BCUT2D eigenvalue weighted by molar-refractivity contribution is -0.123. The van der Waals surface area contributed by atoms with Crippen molar-refractivity contribution in [2.75, 3.05) is 13.1 Å². The van der Waals surface area contributed by atoms with Crippen LogP contribution in [0.4, 0.5) is 0 Å². The van der Waals surface area contributed by atoms with Crippen LogP contribution in [0.1, 0.15) is 47.9 Å². The number of aliphatic imine (C=N–C) groups is 2. The van der Waals surface area contributed by atoms with Crippen molar-refractivity contribution in [3.05, 3.63) is 151 Å². The predicted octanol–water partition coefficient (Wildman–Crippen LogP) is 9.82. The fourth-order valence-corrected chi connectivity index (χ4v) is 6.56. The van der Waals surface area contributed by atoms with E-state index in [9.17, 15) is 9.59 Å². The topological polar surface area (TPSA) is 65.3 Å². The number of hydrogen-bond donors (Lipinski definition) is 0. The summed E-state index contributed by atoms with van der Waals surface area (Å²) < 4.78 is 0. The Kier molecular flexibility index (Phi) is 10.8. The minimum atomic E-state index is -0.180. The summed E-state index contributed by atoms with van der Waals surface area (Å²) in [6, 6.07) is 29.6. The molecule has 0 aromatic heterocycles. The predicted molar refractivity (Wildman–Crippen MR) is 197 cm³/mol. The van der Waals surface area contributed by atoms with Gasteiger partial charge in [-0.3, -0.25) is 19.4 Å². The zero-order chi connectivity index (χ0) is 33.6. The first kappa shape index (κ1) is 33.7. The van der Waals surface area contributed by atoms with Crippen LogP contribution in [0.2, 0.25) is 20.1 Å². The standard InChI is InChI=1S/C38H30Cl4N4O2/c39-27-15-17-29(31(41)23-27)35-43-33(21-25-11-5-3-6-12-25)37(47)45(35)19-9-1-2-10-20-46-36(30-18-16-28(40)24-32(30)42)44-34(38(46)48)22-26-13-7-4-8-14-26/h3-8,11-18,21-24H,1-2,9-10,19-20H2/b33-21-,34-22+. The first-order valence-corrected chi connectivity index (χ1v) is 17.0. The zero-order valence-electron chi connectivity index (χ0n) is 25.8. The molecule has 0 aliphatic carbocycles. The van der Waals surface area contributed by atoms with Crippen LogP contribution >= 0.6 is 46.4 Å². The third kappa shape index (κ3) is 7.74. The number of nitrogens with zero attached hydrogens (tertiary/aromatic N) is 4. The molecular formula is C38H30Cl4N4O2. The lowest BCUT2D eigenvalue weighted by Crippen LogP contribution is -2.34. The average Bonchev–Trinajstić information content (AvgIpc) is 3.54. The van der Waals surface area contributed by atoms with Crippen LogP contribution in [0.15, 0.2) is 118 Å².